The molecule has 0 saturated heterocycles. The molecule has 4 aromatic heterocycles. The number of nitrogens with zero attached hydrogens (tertiary/aromatic N) is 6. The maximum Gasteiger partial charge on any atom is 0.273 e. The molecule has 0 atom stereocenters. The van der Waals surface area contributed by atoms with Crippen molar-refractivity contribution in [2.75, 3.05) is 0 Å². The first-order chi connectivity index (χ1) is 17.1. The first-order valence-corrected chi connectivity index (χ1v) is 12.6. The van der Waals surface area contributed by atoms with Gasteiger partial charge in [-0.15, -0.1) is 10.2 Å². The monoisotopic (exact) mass is 470 g/mol. The van der Waals surface area contributed by atoms with Crippen molar-refractivity contribution in [3.63, 3.8) is 0 Å². The molecule has 2 aliphatic carbocycles. The van der Waals surface area contributed by atoms with Crippen LogP contribution in [0.5, 0.6) is 0 Å². The first kappa shape index (κ1) is 21.9. The van der Waals surface area contributed by atoms with E-state index >= 15 is 0 Å². The van der Waals surface area contributed by atoms with Crippen LogP contribution in [0, 0.1) is 6.92 Å². The summed E-state index contributed by atoms with van der Waals surface area (Å²) in [5.74, 6) is 1.19. The zero-order valence-corrected chi connectivity index (χ0v) is 20.0. The van der Waals surface area contributed by atoms with E-state index in [1.54, 1.807) is 17.1 Å². The van der Waals surface area contributed by atoms with E-state index in [2.05, 4.69) is 41.9 Å². The number of aryl methyl sites for hydroxylation is 3. The van der Waals surface area contributed by atoms with Crippen LogP contribution >= 0.6 is 0 Å². The molecule has 0 aromatic carbocycles. The molecule has 4 aromatic rings. The van der Waals surface area contributed by atoms with Crippen LogP contribution in [0.3, 0.4) is 0 Å². The van der Waals surface area contributed by atoms with E-state index in [4.69, 9.17) is 0 Å². The molecule has 2 fully saturated rings. The van der Waals surface area contributed by atoms with Gasteiger partial charge in [0.05, 0.1) is 11.9 Å². The maximum absolute atomic E-state index is 12.4. The Balaban J connectivity index is 1.01. The van der Waals surface area contributed by atoms with Gasteiger partial charge in [0.2, 0.25) is 0 Å². The fourth-order valence-corrected chi connectivity index (χ4v) is 4.67. The average molecular weight is 471 g/mol. The standard InChI is InChI=1S/C26H30N8O/c1-16-5-6-17(13-27-16)14-28-26(35)22-15-34(33-31-22)11-3-2-4-20-12-21-23(18-7-8-18)24(19-9-10-19)29-25(21)32-30-20/h5-6,12-13,15,18-19H,2-4,7-11,14H2,1H3,(H,28,35)(H,29,32). The lowest BCUT2D eigenvalue weighted by Gasteiger charge is -2.03. The Hall–Kier alpha value is -3.62. The highest BCUT2D eigenvalue weighted by molar-refractivity contribution is 5.91. The third-order valence-electron chi connectivity index (χ3n) is 6.92. The van der Waals surface area contributed by atoms with Crippen molar-refractivity contribution in [1.82, 2.24) is 40.5 Å². The molecule has 0 radical (unpaired) electrons. The number of aromatic nitrogens is 7. The van der Waals surface area contributed by atoms with Crippen molar-refractivity contribution in [3.05, 3.63) is 64.5 Å². The summed E-state index contributed by atoms with van der Waals surface area (Å²) in [4.78, 5) is 20.2. The molecule has 180 valence electrons. The van der Waals surface area contributed by atoms with Gasteiger partial charge in [0.15, 0.2) is 11.3 Å². The van der Waals surface area contributed by atoms with Crippen LogP contribution in [0.1, 0.15) is 89.1 Å². The summed E-state index contributed by atoms with van der Waals surface area (Å²) in [6.45, 7) is 3.06. The first-order valence-electron chi connectivity index (χ1n) is 12.6. The molecule has 0 spiro atoms. The molecule has 2 aliphatic rings. The fourth-order valence-electron chi connectivity index (χ4n) is 4.67. The van der Waals surface area contributed by atoms with Gasteiger partial charge in [-0.2, -0.15) is 5.10 Å². The number of hydrogen-bond donors (Lipinski definition) is 2. The SMILES string of the molecule is Cc1ccc(CNC(=O)c2cn(CCCCc3cc4c(C5CC5)c(C5CC5)[nH]c4nn3)nn2)cn1. The van der Waals surface area contributed by atoms with Crippen LogP contribution in [-0.4, -0.2) is 41.1 Å². The molecule has 9 heteroatoms. The number of carbonyl (C=O) groups is 1. The Kier molecular flexibility index (Phi) is 5.75. The molecule has 2 N–H and O–H groups in total. The summed E-state index contributed by atoms with van der Waals surface area (Å²) in [5, 5.41) is 21.3. The van der Waals surface area contributed by atoms with E-state index in [1.807, 2.05) is 19.1 Å². The van der Waals surface area contributed by atoms with Gasteiger partial charge in [0.1, 0.15) is 0 Å². The Labute approximate surface area is 203 Å². The lowest BCUT2D eigenvalue weighted by atomic mass is 10.0. The van der Waals surface area contributed by atoms with Crippen LogP contribution in [0.2, 0.25) is 0 Å². The minimum atomic E-state index is -0.232. The van der Waals surface area contributed by atoms with Crippen molar-refractivity contribution >= 4 is 16.9 Å². The maximum atomic E-state index is 12.4. The predicted octanol–water partition coefficient (Wildman–Crippen LogP) is 3.96. The second-order valence-electron chi connectivity index (χ2n) is 9.91. The number of pyridine rings is 1. The third kappa shape index (κ3) is 4.94. The van der Waals surface area contributed by atoms with Crippen molar-refractivity contribution in [1.29, 1.82) is 0 Å². The molecule has 2 saturated carbocycles. The van der Waals surface area contributed by atoms with Gasteiger partial charge >= 0.3 is 0 Å². The zero-order valence-electron chi connectivity index (χ0n) is 20.0. The fraction of sp³-hybridized carbons (Fsp3) is 0.462. The highest BCUT2D eigenvalue weighted by Gasteiger charge is 2.36. The van der Waals surface area contributed by atoms with Gasteiger partial charge in [-0.3, -0.25) is 14.5 Å². The van der Waals surface area contributed by atoms with Gasteiger partial charge in [-0.25, -0.2) is 0 Å². The van der Waals surface area contributed by atoms with Crippen LogP contribution in [0.4, 0.5) is 0 Å². The largest absolute Gasteiger partial charge is 0.346 e. The Morgan fingerprint density at radius 2 is 1.97 bits per heavy atom. The van der Waals surface area contributed by atoms with Crippen molar-refractivity contribution in [2.24, 2.45) is 0 Å². The van der Waals surface area contributed by atoms with E-state index in [0.717, 1.165) is 41.9 Å². The number of H-pyrrole nitrogens is 1. The van der Waals surface area contributed by atoms with Crippen LogP contribution in [0.15, 0.2) is 30.6 Å². The van der Waals surface area contributed by atoms with Crippen molar-refractivity contribution in [2.45, 2.75) is 76.8 Å². The number of rotatable bonds is 10. The van der Waals surface area contributed by atoms with Gasteiger partial charge in [-0.05, 0) is 87.0 Å². The van der Waals surface area contributed by atoms with E-state index in [9.17, 15) is 4.79 Å². The number of fused-ring (bicyclic) bond motifs is 1. The summed E-state index contributed by atoms with van der Waals surface area (Å²) < 4.78 is 1.73. The molecule has 0 aliphatic heterocycles. The number of unbranched alkanes of at least 4 members (excludes halogenated alkanes) is 1. The highest BCUT2D eigenvalue weighted by Crippen LogP contribution is 2.51. The zero-order chi connectivity index (χ0) is 23.8. The topological polar surface area (TPSA) is 114 Å². The van der Waals surface area contributed by atoms with Gasteiger partial charge < -0.3 is 10.3 Å². The molecule has 1 amide bonds. The molecule has 35 heavy (non-hydrogen) atoms. The van der Waals surface area contributed by atoms with E-state index in [0.29, 0.717) is 30.6 Å². The minimum Gasteiger partial charge on any atom is -0.346 e. The summed E-state index contributed by atoms with van der Waals surface area (Å²) in [6.07, 6.45) is 11.4. The number of nitrogens with one attached hydrogen (secondary N) is 2. The van der Waals surface area contributed by atoms with Crippen LogP contribution in [-0.2, 0) is 19.5 Å². The average Bonchev–Trinajstić information content (AvgIpc) is 3.81. The summed E-state index contributed by atoms with van der Waals surface area (Å²) >= 11 is 0. The molecule has 0 unspecified atom stereocenters. The smallest absolute Gasteiger partial charge is 0.273 e. The Morgan fingerprint density at radius 3 is 2.74 bits per heavy atom. The van der Waals surface area contributed by atoms with Crippen molar-refractivity contribution in [3.8, 4) is 0 Å². The Bertz CT molecular complexity index is 1350. The van der Waals surface area contributed by atoms with Gasteiger partial charge in [0, 0.05) is 36.1 Å². The van der Waals surface area contributed by atoms with E-state index in [-0.39, 0.29) is 5.91 Å². The van der Waals surface area contributed by atoms with Gasteiger partial charge in [-0.1, -0.05) is 11.3 Å². The van der Waals surface area contributed by atoms with E-state index in [1.165, 1.54) is 42.3 Å². The summed E-state index contributed by atoms with van der Waals surface area (Å²) in [6, 6.07) is 6.13. The lowest BCUT2D eigenvalue weighted by Crippen LogP contribution is -2.23. The lowest BCUT2D eigenvalue weighted by molar-refractivity contribution is 0.0946. The second kappa shape index (κ2) is 9.20. The number of aromatic amines is 1. The second-order valence-corrected chi connectivity index (χ2v) is 9.91. The molecule has 6 rings (SSSR count). The highest BCUT2D eigenvalue weighted by atomic mass is 16.2. The number of amides is 1. The summed E-state index contributed by atoms with van der Waals surface area (Å²) in [5.41, 5.74) is 7.17. The predicted molar refractivity (Wildman–Crippen MR) is 131 cm³/mol. The van der Waals surface area contributed by atoms with Crippen LogP contribution in [0.25, 0.3) is 11.0 Å². The molecule has 0 bridgehead atoms. The molecular formula is C26H30N8O. The van der Waals surface area contributed by atoms with Gasteiger partial charge in [0.25, 0.3) is 5.91 Å². The third-order valence-corrected chi connectivity index (χ3v) is 6.92. The quantitative estimate of drug-likeness (QED) is 0.339. The molecular weight excluding hydrogens is 440 g/mol. The summed E-state index contributed by atoms with van der Waals surface area (Å²) in [7, 11) is 0. The Morgan fingerprint density at radius 1 is 1.11 bits per heavy atom. The van der Waals surface area contributed by atoms with Crippen LogP contribution < -0.4 is 5.32 Å². The van der Waals surface area contributed by atoms with Crippen molar-refractivity contribution < 1.29 is 4.79 Å². The number of carbonyl (C=O) groups excluding carboxylic acids is 1. The molecule has 4 heterocycles. The molecule has 9 nitrogen and oxygen atoms in total. The van der Waals surface area contributed by atoms with E-state index < -0.39 is 0 Å². The minimum absolute atomic E-state index is 0.232. The normalized spacial score (nSPS) is 15.6. The number of hydrogen-bond acceptors (Lipinski definition) is 6.